The Morgan fingerprint density at radius 3 is 2.42 bits per heavy atom. The van der Waals surface area contributed by atoms with E-state index < -0.39 is 0 Å². The number of nitrogens with one attached hydrogen (secondary N) is 1. The molecule has 3 amide bonds. The number of piperazine rings is 1. The number of carbonyl (C=O) groups excluding carboxylic acids is 2. The zero-order chi connectivity index (χ0) is 18.4. The lowest BCUT2D eigenvalue weighted by Crippen LogP contribution is -2.53. The van der Waals surface area contributed by atoms with E-state index in [1.807, 2.05) is 40.1 Å². The van der Waals surface area contributed by atoms with Gasteiger partial charge >= 0.3 is 6.03 Å². The monoisotopic (exact) mass is 358 g/mol. The predicted octanol–water partition coefficient (Wildman–Crippen LogP) is 1.89. The van der Waals surface area contributed by atoms with E-state index in [1.54, 1.807) is 0 Å². The van der Waals surface area contributed by atoms with Gasteiger partial charge in [-0.25, -0.2) is 4.79 Å². The summed E-state index contributed by atoms with van der Waals surface area (Å²) in [5, 5.41) is 3.09. The van der Waals surface area contributed by atoms with Crippen LogP contribution in [0.25, 0.3) is 0 Å². The van der Waals surface area contributed by atoms with E-state index in [1.165, 1.54) is 12.8 Å². The topological polar surface area (TPSA) is 55.9 Å². The normalized spacial score (nSPS) is 21.0. The lowest BCUT2D eigenvalue weighted by atomic mass is 10.1. The zero-order valence-electron chi connectivity index (χ0n) is 15.7. The average Bonchev–Trinajstić information content (AvgIpc) is 3.14. The number of nitrogens with zero attached hydrogens (tertiary/aromatic N) is 3. The van der Waals surface area contributed by atoms with Crippen LogP contribution in [-0.4, -0.2) is 79.0 Å². The molecule has 6 heteroatoms. The van der Waals surface area contributed by atoms with Crippen molar-refractivity contribution < 1.29 is 9.59 Å². The van der Waals surface area contributed by atoms with Crippen LogP contribution in [0.4, 0.5) is 4.79 Å². The van der Waals surface area contributed by atoms with E-state index in [0.717, 1.165) is 26.2 Å². The Morgan fingerprint density at radius 2 is 1.73 bits per heavy atom. The summed E-state index contributed by atoms with van der Waals surface area (Å²) in [5.41, 5.74) is 0.711. The first-order valence-corrected chi connectivity index (χ1v) is 9.77. The van der Waals surface area contributed by atoms with Gasteiger partial charge in [-0.05, 0) is 44.0 Å². The molecule has 1 aromatic carbocycles. The van der Waals surface area contributed by atoms with Crippen molar-refractivity contribution >= 4 is 11.9 Å². The van der Waals surface area contributed by atoms with Gasteiger partial charge in [0.15, 0.2) is 0 Å². The molecule has 0 aliphatic carbocycles. The quantitative estimate of drug-likeness (QED) is 0.874. The summed E-state index contributed by atoms with van der Waals surface area (Å²) in [4.78, 5) is 31.0. The number of hydrogen-bond donors (Lipinski definition) is 1. The van der Waals surface area contributed by atoms with Gasteiger partial charge in [0.2, 0.25) is 0 Å². The Labute approximate surface area is 156 Å². The number of benzene rings is 1. The minimum absolute atomic E-state index is 0.00533. The first-order chi connectivity index (χ1) is 12.7. The molecule has 2 aliphatic heterocycles. The van der Waals surface area contributed by atoms with Gasteiger partial charge in [-0.15, -0.1) is 0 Å². The number of hydrogen-bond acceptors (Lipinski definition) is 3. The standard InChI is InChI=1S/C20H30N4O2/c1-2-9-22-10-8-17(16-22)15-21-20(26)24-13-11-23(12-14-24)19(25)18-6-4-3-5-7-18/h3-7,17H,2,8-16H2,1H3,(H,21,26). The fourth-order valence-electron chi connectivity index (χ4n) is 3.82. The molecule has 0 bridgehead atoms. The smallest absolute Gasteiger partial charge is 0.317 e. The second kappa shape index (κ2) is 9.03. The van der Waals surface area contributed by atoms with Gasteiger partial charge in [0.05, 0.1) is 0 Å². The highest BCUT2D eigenvalue weighted by Crippen LogP contribution is 2.15. The maximum Gasteiger partial charge on any atom is 0.317 e. The van der Waals surface area contributed by atoms with Crippen molar-refractivity contribution in [3.05, 3.63) is 35.9 Å². The predicted molar refractivity (Wildman–Crippen MR) is 102 cm³/mol. The summed E-state index contributed by atoms with van der Waals surface area (Å²) in [7, 11) is 0. The van der Waals surface area contributed by atoms with Gasteiger partial charge in [0, 0.05) is 44.8 Å². The molecular weight excluding hydrogens is 328 g/mol. The molecule has 142 valence electrons. The summed E-state index contributed by atoms with van der Waals surface area (Å²) in [6.07, 6.45) is 2.35. The highest BCUT2D eigenvalue weighted by atomic mass is 16.2. The molecule has 0 aromatic heterocycles. The summed E-state index contributed by atoms with van der Waals surface area (Å²) in [6, 6.07) is 9.34. The molecule has 0 radical (unpaired) electrons. The molecule has 1 atom stereocenters. The van der Waals surface area contributed by atoms with Crippen molar-refractivity contribution in [2.75, 3.05) is 52.4 Å². The van der Waals surface area contributed by atoms with Gasteiger partial charge < -0.3 is 20.0 Å². The van der Waals surface area contributed by atoms with Crippen LogP contribution in [0.2, 0.25) is 0 Å². The van der Waals surface area contributed by atoms with Crippen LogP contribution >= 0.6 is 0 Å². The summed E-state index contributed by atoms with van der Waals surface area (Å²) in [5.74, 6) is 0.610. The number of amides is 3. The van der Waals surface area contributed by atoms with Crippen molar-refractivity contribution in [1.82, 2.24) is 20.0 Å². The molecule has 2 heterocycles. The molecule has 26 heavy (non-hydrogen) atoms. The number of urea groups is 1. The molecule has 1 unspecified atom stereocenters. The van der Waals surface area contributed by atoms with Gasteiger partial charge in [0.1, 0.15) is 0 Å². The minimum atomic E-state index is 0.00533. The fourth-order valence-corrected chi connectivity index (χ4v) is 3.82. The third kappa shape index (κ3) is 4.75. The molecule has 1 N–H and O–H groups in total. The highest BCUT2D eigenvalue weighted by molar-refractivity contribution is 5.94. The van der Waals surface area contributed by atoms with E-state index in [2.05, 4.69) is 17.1 Å². The van der Waals surface area contributed by atoms with E-state index >= 15 is 0 Å². The lowest BCUT2D eigenvalue weighted by molar-refractivity contribution is 0.0664. The fraction of sp³-hybridized carbons (Fsp3) is 0.600. The lowest BCUT2D eigenvalue weighted by Gasteiger charge is -2.35. The summed E-state index contributed by atoms with van der Waals surface area (Å²) >= 11 is 0. The van der Waals surface area contributed by atoms with Gasteiger partial charge in [0.25, 0.3) is 5.91 Å². The first-order valence-electron chi connectivity index (χ1n) is 9.77. The number of rotatable bonds is 5. The van der Waals surface area contributed by atoms with Crippen molar-refractivity contribution in [2.45, 2.75) is 19.8 Å². The van der Waals surface area contributed by atoms with Crippen LogP contribution in [0.15, 0.2) is 30.3 Å². The van der Waals surface area contributed by atoms with Crippen molar-refractivity contribution in [1.29, 1.82) is 0 Å². The first kappa shape index (κ1) is 18.7. The van der Waals surface area contributed by atoms with E-state index in [4.69, 9.17) is 0 Å². The molecule has 2 fully saturated rings. The van der Waals surface area contributed by atoms with Crippen LogP contribution in [0, 0.1) is 5.92 Å². The maximum absolute atomic E-state index is 12.5. The van der Waals surface area contributed by atoms with E-state index in [-0.39, 0.29) is 11.9 Å². The van der Waals surface area contributed by atoms with E-state index in [9.17, 15) is 9.59 Å². The highest BCUT2D eigenvalue weighted by Gasteiger charge is 2.26. The number of likely N-dealkylation sites (tertiary alicyclic amines) is 1. The summed E-state index contributed by atoms with van der Waals surface area (Å²) < 4.78 is 0. The maximum atomic E-state index is 12.5. The zero-order valence-corrected chi connectivity index (χ0v) is 15.7. The van der Waals surface area contributed by atoms with Crippen molar-refractivity contribution in [3.63, 3.8) is 0 Å². The summed E-state index contributed by atoms with van der Waals surface area (Å²) in [6.45, 7) is 8.72. The van der Waals surface area contributed by atoms with Crippen LogP contribution in [0.5, 0.6) is 0 Å². The Kier molecular flexibility index (Phi) is 6.50. The van der Waals surface area contributed by atoms with Crippen LogP contribution < -0.4 is 5.32 Å². The molecule has 2 aliphatic rings. The largest absolute Gasteiger partial charge is 0.338 e. The van der Waals surface area contributed by atoms with Crippen LogP contribution in [0.3, 0.4) is 0 Å². The molecule has 0 spiro atoms. The Balaban J connectivity index is 1.39. The molecule has 1 aromatic rings. The Morgan fingerprint density at radius 1 is 1.04 bits per heavy atom. The molecular formula is C20H30N4O2. The van der Waals surface area contributed by atoms with E-state index in [0.29, 0.717) is 37.7 Å². The average molecular weight is 358 g/mol. The van der Waals surface area contributed by atoms with Gasteiger partial charge in [-0.2, -0.15) is 0 Å². The second-order valence-electron chi connectivity index (χ2n) is 7.29. The molecule has 3 rings (SSSR count). The molecule has 6 nitrogen and oxygen atoms in total. The van der Waals surface area contributed by atoms with Gasteiger partial charge in [-0.3, -0.25) is 4.79 Å². The van der Waals surface area contributed by atoms with Crippen LogP contribution in [0.1, 0.15) is 30.1 Å². The third-order valence-corrected chi connectivity index (χ3v) is 5.33. The van der Waals surface area contributed by atoms with Crippen LogP contribution in [-0.2, 0) is 0 Å². The Hall–Kier alpha value is -2.08. The van der Waals surface area contributed by atoms with Crippen molar-refractivity contribution in [3.8, 4) is 0 Å². The number of carbonyl (C=O) groups is 2. The van der Waals surface area contributed by atoms with Gasteiger partial charge in [-0.1, -0.05) is 25.1 Å². The van der Waals surface area contributed by atoms with Crippen molar-refractivity contribution in [2.24, 2.45) is 5.92 Å². The molecule has 0 saturated carbocycles. The minimum Gasteiger partial charge on any atom is -0.338 e. The third-order valence-electron chi connectivity index (χ3n) is 5.33. The molecule has 2 saturated heterocycles. The Bertz CT molecular complexity index is 599. The second-order valence-corrected chi connectivity index (χ2v) is 7.29. The SMILES string of the molecule is CCCN1CCC(CNC(=O)N2CCN(C(=O)c3ccccc3)CC2)C1.